The first-order chi connectivity index (χ1) is 9.78. The van der Waals surface area contributed by atoms with Crippen LogP contribution >= 0.6 is 0 Å². The first kappa shape index (κ1) is 12.9. The summed E-state index contributed by atoms with van der Waals surface area (Å²) in [5.41, 5.74) is 9.89. The molecule has 0 amide bonds. The molecule has 2 aromatic rings. The Morgan fingerprint density at radius 3 is 2.55 bits per heavy atom. The zero-order chi connectivity index (χ0) is 13.9. The van der Waals surface area contributed by atoms with Crippen LogP contribution < -0.4 is 11.1 Å². The summed E-state index contributed by atoms with van der Waals surface area (Å²) in [5, 5.41) is 3.55. The number of nitrogens with zero attached hydrogens (tertiary/aromatic N) is 2. The van der Waals surface area contributed by atoms with Gasteiger partial charge < -0.3 is 11.1 Å². The van der Waals surface area contributed by atoms with E-state index in [9.17, 15) is 0 Å². The first-order valence-electron chi connectivity index (χ1n) is 7.20. The average Bonchev–Trinajstić information content (AvgIpc) is 2.85. The van der Waals surface area contributed by atoms with Gasteiger partial charge in [-0.3, -0.25) is 0 Å². The highest BCUT2D eigenvalue weighted by Crippen LogP contribution is 2.26. The minimum absolute atomic E-state index is 0.400. The predicted octanol–water partition coefficient (Wildman–Crippen LogP) is 2.59. The van der Waals surface area contributed by atoms with Crippen LogP contribution in [0.1, 0.15) is 30.0 Å². The molecule has 1 aliphatic carbocycles. The summed E-state index contributed by atoms with van der Waals surface area (Å²) >= 11 is 0. The molecule has 0 atom stereocenters. The molecule has 1 aliphatic rings. The topological polar surface area (TPSA) is 63.8 Å². The number of hydrogen-bond acceptors (Lipinski definition) is 4. The van der Waals surface area contributed by atoms with Crippen LogP contribution in [0.2, 0.25) is 0 Å². The summed E-state index contributed by atoms with van der Waals surface area (Å²) in [7, 11) is 0. The molecule has 104 valence electrons. The van der Waals surface area contributed by atoms with E-state index >= 15 is 0 Å². The molecule has 0 fully saturated rings. The third kappa shape index (κ3) is 2.46. The lowest BCUT2D eigenvalue weighted by molar-refractivity contribution is 0.762. The van der Waals surface area contributed by atoms with E-state index in [-0.39, 0.29) is 0 Å². The minimum Gasteiger partial charge on any atom is -0.383 e. The Hall–Kier alpha value is -2.10. The van der Waals surface area contributed by atoms with Crippen LogP contribution in [0.5, 0.6) is 0 Å². The van der Waals surface area contributed by atoms with E-state index in [2.05, 4.69) is 46.5 Å². The normalized spacial score (nSPS) is 14.2. The SMILES string of the molecule is CCCc1c(N)ncnc1NC1Cc2ccccc2C1. The molecular formula is C16H20N4. The highest BCUT2D eigenvalue weighted by molar-refractivity contribution is 5.56. The average molecular weight is 268 g/mol. The van der Waals surface area contributed by atoms with Gasteiger partial charge in [-0.1, -0.05) is 37.6 Å². The van der Waals surface area contributed by atoms with E-state index in [1.54, 1.807) is 6.33 Å². The molecule has 0 saturated heterocycles. The van der Waals surface area contributed by atoms with E-state index in [1.807, 2.05) is 0 Å². The van der Waals surface area contributed by atoms with Crippen LogP contribution in [0.15, 0.2) is 30.6 Å². The van der Waals surface area contributed by atoms with Crippen molar-refractivity contribution in [3.05, 3.63) is 47.3 Å². The molecular weight excluding hydrogens is 248 g/mol. The maximum absolute atomic E-state index is 5.97. The molecule has 0 spiro atoms. The Bertz CT molecular complexity index is 584. The Labute approximate surface area is 119 Å². The molecule has 3 rings (SSSR count). The third-order valence-corrected chi connectivity index (χ3v) is 3.87. The van der Waals surface area contributed by atoms with Crippen molar-refractivity contribution in [3.63, 3.8) is 0 Å². The second-order valence-corrected chi connectivity index (χ2v) is 5.35. The van der Waals surface area contributed by atoms with Crippen LogP contribution in [0.25, 0.3) is 0 Å². The van der Waals surface area contributed by atoms with Gasteiger partial charge in [0.05, 0.1) is 0 Å². The van der Waals surface area contributed by atoms with Crippen molar-refractivity contribution >= 4 is 11.6 Å². The zero-order valence-corrected chi connectivity index (χ0v) is 11.8. The van der Waals surface area contributed by atoms with Gasteiger partial charge in [0, 0.05) is 11.6 Å². The highest BCUT2D eigenvalue weighted by Gasteiger charge is 2.22. The first-order valence-corrected chi connectivity index (χ1v) is 7.20. The van der Waals surface area contributed by atoms with Crippen LogP contribution in [0.4, 0.5) is 11.6 Å². The Balaban J connectivity index is 1.78. The van der Waals surface area contributed by atoms with Gasteiger partial charge in [0.15, 0.2) is 0 Å². The molecule has 1 aromatic carbocycles. The number of aromatic nitrogens is 2. The van der Waals surface area contributed by atoms with Gasteiger partial charge >= 0.3 is 0 Å². The lowest BCUT2D eigenvalue weighted by atomic mass is 10.1. The van der Waals surface area contributed by atoms with Crippen LogP contribution in [-0.4, -0.2) is 16.0 Å². The number of nitrogens with one attached hydrogen (secondary N) is 1. The lowest BCUT2D eigenvalue weighted by Crippen LogP contribution is -2.22. The number of nitrogens with two attached hydrogens (primary N) is 1. The highest BCUT2D eigenvalue weighted by atomic mass is 15.1. The Morgan fingerprint density at radius 2 is 1.90 bits per heavy atom. The third-order valence-electron chi connectivity index (χ3n) is 3.87. The van der Waals surface area contributed by atoms with Crippen molar-refractivity contribution in [2.24, 2.45) is 0 Å². The number of hydrogen-bond donors (Lipinski definition) is 2. The van der Waals surface area contributed by atoms with Gasteiger partial charge in [-0.15, -0.1) is 0 Å². The molecule has 1 aromatic heterocycles. The van der Waals surface area contributed by atoms with Crippen molar-refractivity contribution in [1.29, 1.82) is 0 Å². The quantitative estimate of drug-likeness (QED) is 0.894. The predicted molar refractivity (Wildman–Crippen MR) is 81.7 cm³/mol. The summed E-state index contributed by atoms with van der Waals surface area (Å²) in [6.07, 6.45) is 5.59. The molecule has 0 radical (unpaired) electrons. The fourth-order valence-electron chi connectivity index (χ4n) is 2.90. The molecule has 20 heavy (non-hydrogen) atoms. The molecule has 0 unspecified atom stereocenters. The summed E-state index contributed by atoms with van der Waals surface area (Å²) in [4.78, 5) is 8.48. The number of benzene rings is 1. The van der Waals surface area contributed by atoms with E-state index in [1.165, 1.54) is 11.1 Å². The van der Waals surface area contributed by atoms with Crippen LogP contribution in [0.3, 0.4) is 0 Å². The van der Waals surface area contributed by atoms with Crippen molar-refractivity contribution in [2.75, 3.05) is 11.1 Å². The van der Waals surface area contributed by atoms with E-state index in [0.717, 1.165) is 37.1 Å². The van der Waals surface area contributed by atoms with Crippen molar-refractivity contribution < 1.29 is 0 Å². The number of anilines is 2. The van der Waals surface area contributed by atoms with Gasteiger partial charge in [-0.05, 0) is 30.4 Å². The largest absolute Gasteiger partial charge is 0.383 e. The van der Waals surface area contributed by atoms with Gasteiger partial charge in [-0.2, -0.15) is 0 Å². The molecule has 0 saturated carbocycles. The Morgan fingerprint density at radius 1 is 1.20 bits per heavy atom. The van der Waals surface area contributed by atoms with Gasteiger partial charge in [0.25, 0.3) is 0 Å². The summed E-state index contributed by atoms with van der Waals surface area (Å²) in [6, 6.07) is 9.02. The molecule has 4 nitrogen and oxygen atoms in total. The summed E-state index contributed by atoms with van der Waals surface area (Å²) in [5.74, 6) is 1.50. The second kappa shape index (κ2) is 5.49. The number of fused-ring (bicyclic) bond motifs is 1. The standard InChI is InChI=1S/C16H20N4/c1-2-5-14-15(17)18-10-19-16(14)20-13-8-11-6-3-4-7-12(11)9-13/h3-4,6-7,10,13H,2,5,8-9H2,1H3,(H3,17,18,19,20). The summed E-state index contributed by atoms with van der Waals surface area (Å²) in [6.45, 7) is 2.14. The summed E-state index contributed by atoms with van der Waals surface area (Å²) < 4.78 is 0. The zero-order valence-electron chi connectivity index (χ0n) is 11.8. The fraction of sp³-hybridized carbons (Fsp3) is 0.375. The van der Waals surface area contributed by atoms with Gasteiger partial charge in [0.2, 0.25) is 0 Å². The molecule has 0 aliphatic heterocycles. The molecule has 3 N–H and O–H groups in total. The monoisotopic (exact) mass is 268 g/mol. The smallest absolute Gasteiger partial charge is 0.134 e. The molecule has 0 bridgehead atoms. The van der Waals surface area contributed by atoms with Gasteiger partial charge in [-0.25, -0.2) is 9.97 Å². The second-order valence-electron chi connectivity index (χ2n) is 5.35. The van der Waals surface area contributed by atoms with Crippen molar-refractivity contribution in [3.8, 4) is 0 Å². The number of rotatable bonds is 4. The maximum atomic E-state index is 5.97. The van der Waals surface area contributed by atoms with Gasteiger partial charge in [0.1, 0.15) is 18.0 Å². The number of nitrogen functional groups attached to an aromatic ring is 1. The lowest BCUT2D eigenvalue weighted by Gasteiger charge is -2.16. The Kier molecular flexibility index (Phi) is 3.54. The minimum atomic E-state index is 0.400. The molecule has 4 heteroatoms. The molecule has 1 heterocycles. The van der Waals surface area contributed by atoms with E-state index < -0.39 is 0 Å². The van der Waals surface area contributed by atoms with E-state index in [0.29, 0.717) is 11.9 Å². The fourth-order valence-corrected chi connectivity index (χ4v) is 2.90. The van der Waals surface area contributed by atoms with Crippen LogP contribution in [0, 0.1) is 0 Å². The van der Waals surface area contributed by atoms with Crippen molar-refractivity contribution in [2.45, 2.75) is 38.6 Å². The van der Waals surface area contributed by atoms with Crippen molar-refractivity contribution in [1.82, 2.24) is 9.97 Å². The van der Waals surface area contributed by atoms with Crippen LogP contribution in [-0.2, 0) is 19.3 Å². The van der Waals surface area contributed by atoms with E-state index in [4.69, 9.17) is 5.73 Å². The maximum Gasteiger partial charge on any atom is 0.134 e.